The van der Waals surface area contributed by atoms with Gasteiger partial charge >= 0.3 is 0 Å². The molecule has 0 aliphatic carbocycles. The molecule has 2 N–H and O–H groups in total. The third-order valence-electron chi connectivity index (χ3n) is 4.79. The zero-order valence-electron chi connectivity index (χ0n) is 14.3. The Hall–Kier alpha value is -2.12. The summed E-state index contributed by atoms with van der Waals surface area (Å²) in [6.07, 6.45) is 0.186. The number of nitrogens with one attached hydrogen (secondary N) is 2. The van der Waals surface area contributed by atoms with Gasteiger partial charge < -0.3 is 10.2 Å². The molecule has 1 amide bonds. The summed E-state index contributed by atoms with van der Waals surface area (Å²) in [6, 6.07) is 7.05. The Bertz CT molecular complexity index is 876. The first-order chi connectivity index (χ1) is 11.5. The lowest BCUT2D eigenvalue weighted by molar-refractivity contribution is -0.135. The molecule has 0 radical (unpaired) electrons. The molecule has 0 bridgehead atoms. The maximum absolute atomic E-state index is 12.5. The highest BCUT2D eigenvalue weighted by Gasteiger charge is 2.27. The van der Waals surface area contributed by atoms with Crippen LogP contribution >= 0.6 is 12.4 Å². The van der Waals surface area contributed by atoms with Crippen LogP contribution in [0.5, 0.6) is 0 Å². The van der Waals surface area contributed by atoms with Crippen LogP contribution < -0.4 is 16.4 Å². The van der Waals surface area contributed by atoms with E-state index in [-0.39, 0.29) is 54.5 Å². The zero-order valence-corrected chi connectivity index (χ0v) is 15.1. The number of carbonyl (C=O) groups excluding carboxylic acids is 1. The molecule has 25 heavy (non-hydrogen) atoms. The van der Waals surface area contributed by atoms with Gasteiger partial charge in [-0.3, -0.25) is 19.5 Å². The third-order valence-corrected chi connectivity index (χ3v) is 4.79. The average Bonchev–Trinajstić information content (AvgIpc) is 2.59. The highest BCUT2D eigenvalue weighted by Crippen LogP contribution is 2.11. The van der Waals surface area contributed by atoms with E-state index in [1.165, 1.54) is 4.68 Å². The first-order valence-electron chi connectivity index (χ1n) is 8.24. The van der Waals surface area contributed by atoms with Gasteiger partial charge in [0.2, 0.25) is 5.91 Å². The molecule has 2 aromatic rings. The Labute approximate surface area is 151 Å². The van der Waals surface area contributed by atoms with E-state index in [0.29, 0.717) is 17.3 Å². The van der Waals surface area contributed by atoms with Crippen molar-refractivity contribution in [3.63, 3.8) is 0 Å². The van der Waals surface area contributed by atoms with Crippen LogP contribution in [0.4, 0.5) is 0 Å². The number of piperazine rings is 1. The fraction of sp³-hybridized carbons (Fsp3) is 0.471. The van der Waals surface area contributed by atoms with E-state index in [0.717, 1.165) is 6.54 Å². The summed E-state index contributed by atoms with van der Waals surface area (Å²) in [5.74, 6) is -0.00300. The first kappa shape index (κ1) is 19.2. The first-order valence-corrected chi connectivity index (χ1v) is 8.24. The molecule has 1 aliphatic rings. The molecule has 1 fully saturated rings. The molecule has 1 saturated heterocycles. The summed E-state index contributed by atoms with van der Waals surface area (Å²) in [5, 5.41) is 6.64. The van der Waals surface area contributed by atoms with Crippen molar-refractivity contribution >= 4 is 29.1 Å². The standard InChI is InChI=1S/C17H22N4O3.ClH/c1-11-12(2)20(10-8-18-11)15(22)7-9-21-17(24)14-6-4-3-5-13(14)16(23)19-21;/h3-6,11-12,18H,7-10H2,1-2H3,(H,19,23);1H. The van der Waals surface area contributed by atoms with Crippen molar-refractivity contribution in [2.75, 3.05) is 13.1 Å². The smallest absolute Gasteiger partial charge is 0.273 e. The van der Waals surface area contributed by atoms with Gasteiger partial charge in [-0.2, -0.15) is 0 Å². The number of nitrogens with zero attached hydrogens (tertiary/aromatic N) is 2. The number of aromatic amines is 1. The topological polar surface area (TPSA) is 87.2 Å². The van der Waals surface area contributed by atoms with E-state index in [2.05, 4.69) is 17.3 Å². The van der Waals surface area contributed by atoms with Gasteiger partial charge in [-0.25, -0.2) is 4.68 Å². The van der Waals surface area contributed by atoms with Gasteiger partial charge in [0.05, 0.1) is 17.3 Å². The Morgan fingerprint density at radius 1 is 1.20 bits per heavy atom. The maximum atomic E-state index is 12.5. The lowest BCUT2D eigenvalue weighted by Crippen LogP contribution is -2.57. The second-order valence-corrected chi connectivity index (χ2v) is 6.26. The second kappa shape index (κ2) is 7.84. The molecule has 8 heteroatoms. The highest BCUT2D eigenvalue weighted by molar-refractivity contribution is 5.85. The quantitative estimate of drug-likeness (QED) is 0.837. The van der Waals surface area contributed by atoms with Crippen LogP contribution in [0.2, 0.25) is 0 Å². The van der Waals surface area contributed by atoms with Crippen LogP contribution in [0.3, 0.4) is 0 Å². The van der Waals surface area contributed by atoms with Crippen LogP contribution in [-0.2, 0) is 11.3 Å². The van der Waals surface area contributed by atoms with Crippen molar-refractivity contribution in [2.24, 2.45) is 0 Å². The molecule has 0 saturated carbocycles. The maximum Gasteiger partial charge on any atom is 0.273 e. The van der Waals surface area contributed by atoms with Gasteiger partial charge in [0.15, 0.2) is 0 Å². The number of H-pyrrole nitrogens is 1. The predicted molar refractivity (Wildman–Crippen MR) is 99.3 cm³/mol. The van der Waals surface area contributed by atoms with Gasteiger partial charge in [0.1, 0.15) is 0 Å². The van der Waals surface area contributed by atoms with Crippen molar-refractivity contribution in [1.29, 1.82) is 0 Å². The number of hydrogen-bond acceptors (Lipinski definition) is 4. The molecule has 1 aromatic heterocycles. The van der Waals surface area contributed by atoms with Crippen molar-refractivity contribution in [3.05, 3.63) is 45.0 Å². The number of aromatic nitrogens is 2. The SMILES string of the molecule is CC1NCCN(C(=O)CCn2[nH]c(=O)c3ccccc3c2=O)C1C.Cl. The van der Waals surface area contributed by atoms with E-state index in [4.69, 9.17) is 0 Å². The summed E-state index contributed by atoms with van der Waals surface area (Å²) in [6.45, 7) is 5.66. The van der Waals surface area contributed by atoms with Crippen LogP contribution in [0.15, 0.2) is 33.9 Å². The van der Waals surface area contributed by atoms with Gasteiger partial charge in [-0.1, -0.05) is 12.1 Å². The second-order valence-electron chi connectivity index (χ2n) is 6.26. The van der Waals surface area contributed by atoms with E-state index >= 15 is 0 Å². The molecule has 1 aromatic carbocycles. The normalized spacial score (nSPS) is 20.3. The Kier molecular flexibility index (Phi) is 6.02. The molecule has 2 heterocycles. The molecule has 1 aliphatic heterocycles. The number of fused-ring (bicyclic) bond motifs is 1. The van der Waals surface area contributed by atoms with Gasteiger partial charge in [0, 0.05) is 31.6 Å². The van der Waals surface area contributed by atoms with E-state index in [1.807, 2.05) is 11.8 Å². The molecule has 0 spiro atoms. The number of benzene rings is 1. The van der Waals surface area contributed by atoms with E-state index < -0.39 is 0 Å². The summed E-state index contributed by atoms with van der Waals surface area (Å²) in [7, 11) is 0. The number of amides is 1. The monoisotopic (exact) mass is 366 g/mol. The van der Waals surface area contributed by atoms with Gasteiger partial charge in [-0.05, 0) is 26.0 Å². The minimum Gasteiger partial charge on any atom is -0.337 e. The summed E-state index contributed by atoms with van der Waals surface area (Å²) >= 11 is 0. The minimum atomic E-state index is -0.318. The van der Waals surface area contributed by atoms with Gasteiger partial charge in [0.25, 0.3) is 11.1 Å². The van der Waals surface area contributed by atoms with E-state index in [1.54, 1.807) is 24.3 Å². The fourth-order valence-electron chi connectivity index (χ4n) is 3.16. The van der Waals surface area contributed by atoms with Crippen molar-refractivity contribution in [1.82, 2.24) is 20.0 Å². The van der Waals surface area contributed by atoms with Crippen LogP contribution in [0.1, 0.15) is 20.3 Å². The predicted octanol–water partition coefficient (Wildman–Crippen LogP) is 0.710. The number of hydrogen-bond donors (Lipinski definition) is 2. The van der Waals surface area contributed by atoms with E-state index in [9.17, 15) is 14.4 Å². The largest absolute Gasteiger partial charge is 0.337 e. The number of aryl methyl sites for hydroxylation is 1. The lowest BCUT2D eigenvalue weighted by Gasteiger charge is -2.38. The Morgan fingerprint density at radius 2 is 1.88 bits per heavy atom. The van der Waals surface area contributed by atoms with Crippen LogP contribution in [0.25, 0.3) is 10.8 Å². The Morgan fingerprint density at radius 3 is 2.60 bits per heavy atom. The highest BCUT2D eigenvalue weighted by atomic mass is 35.5. The van der Waals surface area contributed by atoms with Crippen molar-refractivity contribution in [3.8, 4) is 0 Å². The fourth-order valence-corrected chi connectivity index (χ4v) is 3.16. The molecule has 2 unspecified atom stereocenters. The van der Waals surface area contributed by atoms with Crippen molar-refractivity contribution < 1.29 is 4.79 Å². The number of carbonyl (C=O) groups is 1. The summed E-state index contributed by atoms with van der Waals surface area (Å²) in [4.78, 5) is 38.8. The minimum absolute atomic E-state index is 0. The molecular formula is C17H23ClN4O3. The zero-order chi connectivity index (χ0) is 17.3. The van der Waals surface area contributed by atoms with Crippen molar-refractivity contribution in [2.45, 2.75) is 38.9 Å². The molecular weight excluding hydrogens is 344 g/mol. The summed E-state index contributed by atoms with van der Waals surface area (Å²) < 4.78 is 1.23. The lowest BCUT2D eigenvalue weighted by atomic mass is 10.1. The molecule has 3 rings (SSSR count). The van der Waals surface area contributed by atoms with Crippen LogP contribution in [0, 0.1) is 0 Å². The molecule has 136 valence electrons. The summed E-state index contributed by atoms with van der Waals surface area (Å²) in [5.41, 5.74) is -0.596. The Balaban J connectivity index is 0.00000225. The number of rotatable bonds is 3. The average molecular weight is 367 g/mol. The molecule has 7 nitrogen and oxygen atoms in total. The number of halogens is 1. The van der Waals surface area contributed by atoms with Crippen LogP contribution in [-0.4, -0.2) is 45.8 Å². The third kappa shape index (κ3) is 3.77. The van der Waals surface area contributed by atoms with Gasteiger partial charge in [-0.15, -0.1) is 12.4 Å². The molecule has 2 atom stereocenters.